The second-order valence-electron chi connectivity index (χ2n) is 16.2. The van der Waals surface area contributed by atoms with E-state index in [0.29, 0.717) is 5.92 Å². The normalized spacial score (nSPS) is 13.9. The van der Waals surface area contributed by atoms with Crippen molar-refractivity contribution in [3.05, 3.63) is 163 Å². The molecule has 0 N–H and O–H groups in total. The van der Waals surface area contributed by atoms with Gasteiger partial charge in [-0.3, -0.25) is 0 Å². The molecule has 5 aromatic carbocycles. The Morgan fingerprint density at radius 1 is 0.754 bits per heavy atom. The first-order chi connectivity index (χ1) is 28.0. The van der Waals surface area contributed by atoms with Gasteiger partial charge in [-0.1, -0.05) is 155 Å². The molecule has 0 atom stereocenters. The molecule has 9 rings (SSSR count). The third-order valence-electron chi connectivity index (χ3n) is 10.8. The number of pyridine rings is 2. The van der Waals surface area contributed by atoms with E-state index < -0.39 is 14.4 Å². The number of nitrogens with zero attached hydrogens (tertiary/aromatic N) is 2. The Labute approximate surface area is 355 Å². The molecule has 0 aliphatic heterocycles. The van der Waals surface area contributed by atoms with Crippen LogP contribution in [0.4, 0.5) is 0 Å². The summed E-state index contributed by atoms with van der Waals surface area (Å²) in [5, 5.41) is 3.34. The molecule has 1 fully saturated rings. The Morgan fingerprint density at radius 3 is 2.14 bits per heavy atom. The molecule has 0 amide bonds. The number of furan rings is 1. The minimum atomic E-state index is -1.68. The molecule has 1 aliphatic rings. The van der Waals surface area contributed by atoms with E-state index in [9.17, 15) is 0 Å². The average molecular weight is 941 g/mol. The second-order valence-corrected chi connectivity index (χ2v) is 21.3. The topological polar surface area (TPSA) is 38.9 Å². The standard InChI is InChI=1S/C32H24NO.C20H26NSi.Ir/c1-21(2)24-15-16-33-29(18-24)25-13-14-27-30(19-25)34-31-20-26(22-9-5-3-6-10-22)17-28(32(27)31)23-11-7-4-8-12-23;1-22(2,3)20-15-21-19(17-11-5-4-6-12-17)14-18(20)13-16-9-7-8-10-16;/h3-18,20-21H,1-2H3;4-6,11,14-16H,7-10,13H2,1-3H3;/q2*-1;/i;13D2;. The van der Waals surface area contributed by atoms with Gasteiger partial charge in [-0.05, 0) is 80.6 Å². The molecule has 1 saturated carbocycles. The molecule has 0 bridgehead atoms. The summed E-state index contributed by atoms with van der Waals surface area (Å²) in [4.78, 5) is 9.25. The van der Waals surface area contributed by atoms with Crippen molar-refractivity contribution in [2.45, 2.75) is 71.5 Å². The van der Waals surface area contributed by atoms with Crippen LogP contribution in [-0.2, 0) is 26.5 Å². The predicted octanol–water partition coefficient (Wildman–Crippen LogP) is 13.7. The van der Waals surface area contributed by atoms with Gasteiger partial charge in [0.05, 0.1) is 13.7 Å². The van der Waals surface area contributed by atoms with Gasteiger partial charge in [0.1, 0.15) is 5.58 Å². The summed E-state index contributed by atoms with van der Waals surface area (Å²) < 4.78 is 24.2. The first kappa shape index (κ1) is 37.6. The van der Waals surface area contributed by atoms with E-state index in [1.807, 2.05) is 54.9 Å². The minimum Gasteiger partial charge on any atom is -0.476 e. The molecule has 0 spiro atoms. The van der Waals surface area contributed by atoms with Gasteiger partial charge in [-0.2, -0.15) is 0 Å². The van der Waals surface area contributed by atoms with E-state index >= 15 is 0 Å². The van der Waals surface area contributed by atoms with Crippen molar-refractivity contribution in [2.24, 2.45) is 5.92 Å². The Morgan fingerprint density at radius 2 is 1.46 bits per heavy atom. The SMILES string of the molecule is CC(C)c1ccnc(-c2[c-]c3oc4cc(-c5ccccc5)cc(-c5ccccc5)c4c3cc2)c1.[2H]C([2H])(c1cc(-c2[c-]cccc2)ncc1[Si](C)(C)C)C1CCCC1.[Ir]. The Kier molecular flexibility index (Phi) is 11.7. The van der Waals surface area contributed by atoms with E-state index in [1.165, 1.54) is 16.7 Å². The second kappa shape index (κ2) is 17.7. The molecule has 0 unspecified atom stereocenters. The molecule has 1 radical (unpaired) electrons. The predicted molar refractivity (Wildman–Crippen MR) is 238 cm³/mol. The number of aromatic nitrogens is 2. The van der Waals surface area contributed by atoms with Gasteiger partial charge in [-0.25, -0.2) is 0 Å². The van der Waals surface area contributed by atoms with Crippen molar-refractivity contribution < 1.29 is 27.3 Å². The van der Waals surface area contributed by atoms with Crippen LogP contribution < -0.4 is 5.19 Å². The molecule has 57 heavy (non-hydrogen) atoms. The molecule has 1 aliphatic carbocycles. The van der Waals surface area contributed by atoms with E-state index in [2.05, 4.69) is 141 Å². The first-order valence-corrected chi connectivity index (χ1v) is 23.4. The molecule has 0 saturated heterocycles. The Hall–Kier alpha value is -4.93. The number of benzene rings is 5. The van der Waals surface area contributed by atoms with Crippen LogP contribution >= 0.6 is 0 Å². The van der Waals surface area contributed by atoms with E-state index in [1.54, 1.807) is 0 Å². The summed E-state index contributed by atoms with van der Waals surface area (Å²) in [6.07, 6.45) is 6.82. The van der Waals surface area contributed by atoms with E-state index in [-0.39, 0.29) is 26.0 Å². The number of hydrogen-bond acceptors (Lipinski definition) is 3. The van der Waals surface area contributed by atoms with Crippen molar-refractivity contribution in [2.75, 3.05) is 0 Å². The fourth-order valence-electron chi connectivity index (χ4n) is 7.74. The molecule has 289 valence electrons. The summed E-state index contributed by atoms with van der Waals surface area (Å²) in [7, 11) is -1.68. The van der Waals surface area contributed by atoms with E-state index in [0.717, 1.165) is 92.0 Å². The Bertz CT molecular complexity index is 2670. The van der Waals surface area contributed by atoms with Crippen molar-refractivity contribution >= 4 is 35.2 Å². The van der Waals surface area contributed by atoms with Crippen molar-refractivity contribution in [1.82, 2.24) is 9.97 Å². The molecule has 8 aromatic rings. The number of fused-ring (bicyclic) bond motifs is 3. The third-order valence-corrected chi connectivity index (χ3v) is 12.8. The monoisotopic (exact) mass is 941 g/mol. The maximum atomic E-state index is 8.90. The van der Waals surface area contributed by atoms with Gasteiger partial charge in [0.25, 0.3) is 0 Å². The summed E-state index contributed by atoms with van der Waals surface area (Å²) in [5.74, 6) is 0.573. The van der Waals surface area contributed by atoms with Crippen LogP contribution in [-0.4, -0.2) is 18.0 Å². The smallest absolute Gasteiger partial charge is 0.124 e. The number of rotatable bonds is 8. The fraction of sp³-hybridized carbons (Fsp3) is 0.231. The van der Waals surface area contributed by atoms with Gasteiger partial charge in [0.2, 0.25) is 0 Å². The van der Waals surface area contributed by atoms with Crippen LogP contribution in [0.1, 0.15) is 59.3 Å². The Balaban J connectivity index is 0.000000187. The zero-order valence-corrected chi connectivity index (χ0v) is 36.8. The molecule has 3 nitrogen and oxygen atoms in total. The van der Waals surface area contributed by atoms with Crippen molar-refractivity contribution in [3.8, 4) is 44.8 Å². The molecule has 3 heterocycles. The average Bonchev–Trinajstić information content (AvgIpc) is 3.93. The van der Waals surface area contributed by atoms with Gasteiger partial charge < -0.3 is 14.4 Å². The van der Waals surface area contributed by atoms with Crippen LogP contribution in [0, 0.1) is 18.1 Å². The molecule has 5 heteroatoms. The van der Waals surface area contributed by atoms with Crippen molar-refractivity contribution in [3.63, 3.8) is 0 Å². The van der Waals surface area contributed by atoms with Gasteiger partial charge in [-0.15, -0.1) is 53.6 Å². The van der Waals surface area contributed by atoms with Crippen LogP contribution in [0.25, 0.3) is 66.7 Å². The number of hydrogen-bond donors (Lipinski definition) is 0. The maximum absolute atomic E-state index is 8.90. The molecular weight excluding hydrogens is 889 g/mol. The largest absolute Gasteiger partial charge is 0.476 e. The quantitative estimate of drug-likeness (QED) is 0.113. The zero-order chi connectivity index (χ0) is 40.4. The first-order valence-electron chi connectivity index (χ1n) is 20.9. The zero-order valence-electron chi connectivity index (χ0n) is 35.4. The van der Waals surface area contributed by atoms with Gasteiger partial charge >= 0.3 is 0 Å². The van der Waals surface area contributed by atoms with Gasteiger partial charge in [0.15, 0.2) is 0 Å². The molecule has 3 aromatic heterocycles. The summed E-state index contributed by atoms with van der Waals surface area (Å²) in [6, 6.07) is 50.4. The maximum Gasteiger partial charge on any atom is 0.124 e. The summed E-state index contributed by atoms with van der Waals surface area (Å²) in [6.45, 7) is 11.2. The fourth-order valence-corrected chi connectivity index (χ4v) is 9.15. The third kappa shape index (κ3) is 9.13. The van der Waals surface area contributed by atoms with E-state index in [4.69, 9.17) is 7.16 Å². The molecular formula is C52H50IrN2OSi-2. The van der Waals surface area contributed by atoms with Crippen LogP contribution in [0.3, 0.4) is 0 Å². The van der Waals surface area contributed by atoms with Crippen molar-refractivity contribution in [1.29, 1.82) is 0 Å². The minimum absolute atomic E-state index is 0. The summed E-state index contributed by atoms with van der Waals surface area (Å²) >= 11 is 0. The van der Waals surface area contributed by atoms with Gasteiger partial charge in [0, 0.05) is 35.2 Å². The van der Waals surface area contributed by atoms with Crippen LogP contribution in [0.2, 0.25) is 19.6 Å². The van der Waals surface area contributed by atoms with Crippen LogP contribution in [0.5, 0.6) is 0 Å². The van der Waals surface area contributed by atoms with Crippen LogP contribution in [0.15, 0.2) is 144 Å². The summed E-state index contributed by atoms with van der Waals surface area (Å²) in [5.41, 5.74) is 12.0.